The van der Waals surface area contributed by atoms with E-state index >= 15 is 0 Å². The van der Waals surface area contributed by atoms with Crippen LogP contribution in [0.25, 0.3) is 4.96 Å². The summed E-state index contributed by atoms with van der Waals surface area (Å²) in [6.07, 6.45) is 0.752. The van der Waals surface area contributed by atoms with E-state index in [4.69, 9.17) is 16.7 Å². The van der Waals surface area contributed by atoms with Crippen LogP contribution in [-0.2, 0) is 6.54 Å². The highest BCUT2D eigenvalue weighted by Crippen LogP contribution is 2.23. The highest BCUT2D eigenvalue weighted by atomic mass is 35.5. The molecule has 16 heavy (non-hydrogen) atoms. The van der Waals surface area contributed by atoms with Gasteiger partial charge < -0.3 is 10.4 Å². The molecule has 0 atom stereocenters. The Hall–Kier alpha value is -0.620. The number of aromatic nitrogens is 2. The van der Waals surface area contributed by atoms with Crippen LogP contribution in [0.3, 0.4) is 0 Å². The van der Waals surface area contributed by atoms with Crippen molar-refractivity contribution in [3.05, 3.63) is 21.9 Å². The Morgan fingerprint density at radius 1 is 1.62 bits per heavy atom. The zero-order chi connectivity index (χ0) is 11.5. The van der Waals surface area contributed by atoms with Crippen LogP contribution in [0.5, 0.6) is 0 Å². The van der Waals surface area contributed by atoms with Gasteiger partial charge in [-0.25, -0.2) is 4.98 Å². The number of nitrogens with zero attached hydrogens (tertiary/aromatic N) is 2. The van der Waals surface area contributed by atoms with Crippen LogP contribution >= 0.6 is 22.9 Å². The van der Waals surface area contributed by atoms with E-state index in [9.17, 15) is 0 Å². The lowest BCUT2D eigenvalue weighted by Gasteiger charge is -2.04. The minimum atomic E-state index is 0.208. The molecule has 0 aromatic carbocycles. The predicted molar refractivity (Wildman–Crippen MR) is 66.2 cm³/mol. The summed E-state index contributed by atoms with van der Waals surface area (Å²) in [5.41, 5.74) is 2.15. The Kier molecular flexibility index (Phi) is 3.81. The minimum Gasteiger partial charge on any atom is -0.396 e. The van der Waals surface area contributed by atoms with Crippen molar-refractivity contribution in [3.63, 3.8) is 0 Å². The summed E-state index contributed by atoms with van der Waals surface area (Å²) >= 11 is 7.67. The number of aliphatic hydroxyl groups excluding tert-OH is 1. The second kappa shape index (κ2) is 5.14. The molecular weight excluding hydrogens is 246 g/mol. The molecule has 0 radical (unpaired) electrons. The number of fused-ring (bicyclic) bond motifs is 1. The van der Waals surface area contributed by atoms with Gasteiger partial charge in [0.15, 0.2) is 10.1 Å². The highest BCUT2D eigenvalue weighted by Gasteiger charge is 2.12. The van der Waals surface area contributed by atoms with Gasteiger partial charge in [-0.3, -0.25) is 4.40 Å². The maximum absolute atomic E-state index is 8.68. The molecule has 4 nitrogen and oxygen atoms in total. The van der Waals surface area contributed by atoms with Gasteiger partial charge >= 0.3 is 0 Å². The van der Waals surface area contributed by atoms with Crippen molar-refractivity contribution in [2.45, 2.75) is 19.9 Å². The summed E-state index contributed by atoms with van der Waals surface area (Å²) in [7, 11) is 0. The van der Waals surface area contributed by atoms with Crippen LogP contribution < -0.4 is 5.32 Å². The molecule has 88 valence electrons. The maximum atomic E-state index is 8.68. The third-order valence-corrected chi connectivity index (χ3v) is 3.63. The molecule has 0 saturated heterocycles. The molecular formula is C10H14ClN3OS. The summed E-state index contributed by atoms with van der Waals surface area (Å²) in [6.45, 7) is 3.71. The molecule has 2 N–H and O–H groups in total. The minimum absolute atomic E-state index is 0.208. The van der Waals surface area contributed by atoms with E-state index in [1.165, 1.54) is 0 Å². The Bertz CT molecular complexity index is 480. The van der Waals surface area contributed by atoms with Crippen LogP contribution in [0.4, 0.5) is 0 Å². The lowest BCUT2D eigenvalue weighted by Crippen LogP contribution is -2.17. The molecule has 0 unspecified atom stereocenters. The van der Waals surface area contributed by atoms with Gasteiger partial charge in [0.2, 0.25) is 0 Å². The third-order valence-electron chi connectivity index (χ3n) is 2.38. The topological polar surface area (TPSA) is 49.6 Å². The van der Waals surface area contributed by atoms with E-state index in [0.717, 1.165) is 29.3 Å². The summed E-state index contributed by atoms with van der Waals surface area (Å²) in [4.78, 5) is 5.22. The fraction of sp³-hybridized carbons (Fsp3) is 0.500. The van der Waals surface area contributed by atoms with E-state index < -0.39 is 0 Å². The average molecular weight is 260 g/mol. The summed E-state index contributed by atoms with van der Waals surface area (Å²) in [6, 6.07) is 0. The lowest BCUT2D eigenvalue weighted by atomic mass is 10.4. The largest absolute Gasteiger partial charge is 0.396 e. The van der Waals surface area contributed by atoms with Gasteiger partial charge in [-0.2, -0.15) is 0 Å². The zero-order valence-electron chi connectivity index (χ0n) is 9.03. The number of hydrogen-bond donors (Lipinski definition) is 2. The van der Waals surface area contributed by atoms with Crippen molar-refractivity contribution >= 4 is 27.9 Å². The van der Waals surface area contributed by atoms with Crippen LogP contribution in [0, 0.1) is 6.92 Å². The molecule has 2 rings (SSSR count). The quantitative estimate of drug-likeness (QED) is 0.806. The molecule has 6 heteroatoms. The Morgan fingerprint density at radius 3 is 3.19 bits per heavy atom. The van der Waals surface area contributed by atoms with E-state index in [0.29, 0.717) is 11.7 Å². The first-order valence-electron chi connectivity index (χ1n) is 5.16. The normalized spacial score (nSPS) is 11.4. The lowest BCUT2D eigenvalue weighted by molar-refractivity contribution is 0.286. The highest BCUT2D eigenvalue weighted by molar-refractivity contribution is 7.15. The summed E-state index contributed by atoms with van der Waals surface area (Å²) in [5, 5.41) is 14.5. The summed E-state index contributed by atoms with van der Waals surface area (Å²) in [5.74, 6) is 0. The SMILES string of the molecule is Cc1csc2nc(Cl)c(CNCCCO)n12. The zero-order valence-corrected chi connectivity index (χ0v) is 10.6. The molecule has 0 bridgehead atoms. The smallest absolute Gasteiger partial charge is 0.195 e. The van der Waals surface area contributed by atoms with Crippen LogP contribution in [-0.4, -0.2) is 27.6 Å². The number of hydrogen-bond acceptors (Lipinski definition) is 4. The second-order valence-electron chi connectivity index (χ2n) is 3.60. The maximum Gasteiger partial charge on any atom is 0.195 e. The van der Waals surface area contributed by atoms with Gasteiger partial charge in [0, 0.05) is 24.2 Å². The molecule has 0 aliphatic rings. The van der Waals surface area contributed by atoms with Crippen LogP contribution in [0.1, 0.15) is 17.8 Å². The number of halogens is 1. The van der Waals surface area contributed by atoms with Crippen molar-refractivity contribution in [1.82, 2.24) is 14.7 Å². The number of aryl methyl sites for hydroxylation is 1. The Balaban J connectivity index is 2.15. The van der Waals surface area contributed by atoms with E-state index in [1.807, 2.05) is 6.92 Å². The predicted octanol–water partition coefficient (Wildman–Crippen LogP) is 1.83. The molecule has 0 fully saturated rings. The molecule has 2 aromatic heterocycles. The average Bonchev–Trinajstić information content (AvgIpc) is 2.75. The molecule has 0 aliphatic heterocycles. The van der Waals surface area contributed by atoms with E-state index in [2.05, 4.69) is 20.1 Å². The first-order chi connectivity index (χ1) is 7.74. The standard InChI is InChI=1S/C10H14ClN3OS/c1-7-6-16-10-13-9(11)8(14(7)10)5-12-3-2-4-15/h6,12,15H,2-5H2,1H3. The van der Waals surface area contributed by atoms with Gasteiger partial charge in [0.25, 0.3) is 0 Å². The third kappa shape index (κ3) is 2.22. The van der Waals surface area contributed by atoms with Gasteiger partial charge in [-0.05, 0) is 19.9 Å². The van der Waals surface area contributed by atoms with Crippen LogP contribution in [0.2, 0.25) is 5.15 Å². The van der Waals surface area contributed by atoms with Gasteiger partial charge in [-0.1, -0.05) is 11.6 Å². The van der Waals surface area contributed by atoms with Crippen molar-refractivity contribution in [2.75, 3.05) is 13.2 Å². The number of imidazole rings is 1. The number of nitrogens with one attached hydrogen (secondary N) is 1. The van der Waals surface area contributed by atoms with Crippen molar-refractivity contribution in [1.29, 1.82) is 0 Å². The van der Waals surface area contributed by atoms with E-state index in [-0.39, 0.29) is 6.61 Å². The first-order valence-corrected chi connectivity index (χ1v) is 6.42. The van der Waals surface area contributed by atoms with Crippen LogP contribution in [0.15, 0.2) is 5.38 Å². The van der Waals surface area contributed by atoms with Crippen molar-refractivity contribution < 1.29 is 5.11 Å². The Labute approximate surface area is 103 Å². The molecule has 0 spiro atoms. The molecule has 0 saturated carbocycles. The molecule has 2 aromatic rings. The molecule has 0 aliphatic carbocycles. The van der Waals surface area contributed by atoms with Gasteiger partial charge in [-0.15, -0.1) is 11.3 Å². The number of aliphatic hydroxyl groups is 1. The van der Waals surface area contributed by atoms with Gasteiger partial charge in [0.1, 0.15) is 0 Å². The van der Waals surface area contributed by atoms with Crippen molar-refractivity contribution in [3.8, 4) is 0 Å². The Morgan fingerprint density at radius 2 is 2.44 bits per heavy atom. The first kappa shape index (κ1) is 11.9. The molecule has 2 heterocycles. The monoisotopic (exact) mass is 259 g/mol. The molecule has 0 amide bonds. The fourth-order valence-corrected chi connectivity index (χ4v) is 2.77. The van der Waals surface area contributed by atoms with Crippen molar-refractivity contribution in [2.24, 2.45) is 0 Å². The summed E-state index contributed by atoms with van der Waals surface area (Å²) < 4.78 is 2.07. The fourth-order valence-electron chi connectivity index (χ4n) is 1.60. The van der Waals surface area contributed by atoms with Gasteiger partial charge in [0.05, 0.1) is 5.69 Å². The van der Waals surface area contributed by atoms with E-state index in [1.54, 1.807) is 11.3 Å². The second-order valence-corrected chi connectivity index (χ2v) is 4.79. The number of thiazole rings is 1. The number of rotatable bonds is 5.